The minimum absolute atomic E-state index is 0.353. The number of rotatable bonds is 10. The molecule has 0 unspecified atom stereocenters. The van der Waals surface area contributed by atoms with Gasteiger partial charge in [0.1, 0.15) is 0 Å². The van der Waals surface area contributed by atoms with Crippen molar-refractivity contribution in [3.63, 3.8) is 0 Å². The van der Waals surface area contributed by atoms with Crippen molar-refractivity contribution < 1.29 is 4.48 Å². The third-order valence-corrected chi connectivity index (χ3v) is 4.31. The Kier molecular flexibility index (Phi) is 10.0. The van der Waals surface area contributed by atoms with Crippen LogP contribution in [0, 0.1) is 16.2 Å². The second-order valence-corrected chi connectivity index (χ2v) is 12.0. The van der Waals surface area contributed by atoms with E-state index >= 15 is 0 Å². The van der Waals surface area contributed by atoms with Crippen molar-refractivity contribution in [2.24, 2.45) is 16.2 Å². The van der Waals surface area contributed by atoms with Crippen LogP contribution in [-0.4, -0.2) is 30.7 Å². The molecule has 0 aromatic rings. The number of quaternary nitrogens is 1. The van der Waals surface area contributed by atoms with Crippen LogP contribution in [0.1, 0.15) is 101 Å². The Morgan fingerprint density at radius 3 is 1.40 bits per heavy atom. The SMILES string of the molecule is CCCCCC/C=C/C[N+](CC(C)(C)C)(CC(C)(C)C)CC(C)(C)C. The van der Waals surface area contributed by atoms with E-state index in [1.54, 1.807) is 0 Å². The predicted molar refractivity (Wildman–Crippen MR) is 116 cm³/mol. The normalized spacial score (nSPS) is 14.5. The first-order valence-electron chi connectivity index (χ1n) is 10.7. The molecule has 0 amide bonds. The van der Waals surface area contributed by atoms with Crippen LogP contribution in [0.2, 0.25) is 0 Å². The molecule has 0 heterocycles. The first kappa shape index (κ1) is 24.7. The maximum absolute atomic E-state index is 2.50. The Hall–Kier alpha value is -0.300. The first-order chi connectivity index (χ1) is 11.2. The summed E-state index contributed by atoms with van der Waals surface area (Å²) in [4.78, 5) is 0. The summed E-state index contributed by atoms with van der Waals surface area (Å²) in [5, 5.41) is 0. The van der Waals surface area contributed by atoms with Gasteiger partial charge in [0.2, 0.25) is 0 Å². The molecule has 150 valence electrons. The van der Waals surface area contributed by atoms with Crippen LogP contribution in [0.5, 0.6) is 0 Å². The van der Waals surface area contributed by atoms with Gasteiger partial charge in [-0.15, -0.1) is 0 Å². The summed E-state index contributed by atoms with van der Waals surface area (Å²) in [5.74, 6) is 0. The van der Waals surface area contributed by atoms with Gasteiger partial charge >= 0.3 is 0 Å². The highest BCUT2D eigenvalue weighted by molar-refractivity contribution is 4.84. The zero-order chi connectivity index (χ0) is 19.8. The largest absolute Gasteiger partial charge is 0.319 e. The molecule has 0 N–H and O–H groups in total. The van der Waals surface area contributed by atoms with E-state index in [1.165, 1.54) is 62.8 Å². The van der Waals surface area contributed by atoms with Crippen LogP contribution in [-0.2, 0) is 0 Å². The average molecular weight is 353 g/mol. The van der Waals surface area contributed by atoms with Crippen molar-refractivity contribution in [3.05, 3.63) is 12.2 Å². The molecular weight excluding hydrogens is 302 g/mol. The molecule has 25 heavy (non-hydrogen) atoms. The standard InChI is InChI=1S/C24H50N/c1-11-12-13-14-15-16-17-18-25(19-22(2,3)4,20-23(5,6)7)21-24(8,9)10/h16-17H,11-15,18-21H2,1-10H3/q+1/b17-16+. The number of nitrogens with zero attached hydrogens (tertiary/aromatic N) is 1. The fraction of sp³-hybridized carbons (Fsp3) is 0.917. The predicted octanol–water partition coefficient (Wildman–Crippen LogP) is 7.47. The topological polar surface area (TPSA) is 0 Å². The smallest absolute Gasteiger partial charge is 0.0974 e. The molecule has 0 saturated heterocycles. The summed E-state index contributed by atoms with van der Waals surface area (Å²) in [7, 11) is 0. The minimum Gasteiger partial charge on any atom is -0.319 e. The molecule has 0 fully saturated rings. The second-order valence-electron chi connectivity index (χ2n) is 12.0. The summed E-state index contributed by atoms with van der Waals surface area (Å²) in [6.45, 7) is 28.8. The molecule has 0 aliphatic carbocycles. The van der Waals surface area contributed by atoms with Crippen molar-refractivity contribution in [1.82, 2.24) is 0 Å². The number of hydrogen-bond acceptors (Lipinski definition) is 0. The molecule has 0 aromatic carbocycles. The van der Waals surface area contributed by atoms with Gasteiger partial charge in [0.15, 0.2) is 0 Å². The van der Waals surface area contributed by atoms with Crippen molar-refractivity contribution in [1.29, 1.82) is 0 Å². The van der Waals surface area contributed by atoms with Gasteiger partial charge in [-0.25, -0.2) is 0 Å². The van der Waals surface area contributed by atoms with Crippen molar-refractivity contribution in [2.45, 2.75) is 101 Å². The molecule has 1 nitrogen and oxygen atoms in total. The molecule has 0 aromatic heterocycles. The Morgan fingerprint density at radius 2 is 1.04 bits per heavy atom. The summed E-state index contributed by atoms with van der Waals surface area (Å²) < 4.78 is 1.21. The Balaban J connectivity index is 5.20. The molecule has 0 aliphatic rings. The number of unbranched alkanes of at least 4 members (excludes halogenated alkanes) is 4. The van der Waals surface area contributed by atoms with Gasteiger partial charge in [-0.05, 0) is 18.9 Å². The van der Waals surface area contributed by atoms with Crippen LogP contribution in [0.4, 0.5) is 0 Å². The van der Waals surface area contributed by atoms with E-state index in [0.717, 1.165) is 0 Å². The highest BCUT2D eigenvalue weighted by Gasteiger charge is 2.38. The summed E-state index contributed by atoms with van der Waals surface area (Å²) >= 11 is 0. The Bertz CT molecular complexity index is 330. The summed E-state index contributed by atoms with van der Waals surface area (Å²) in [6.07, 6.45) is 11.6. The van der Waals surface area contributed by atoms with Crippen LogP contribution in [0.15, 0.2) is 12.2 Å². The van der Waals surface area contributed by atoms with Crippen LogP contribution < -0.4 is 0 Å². The Labute approximate surface area is 160 Å². The lowest BCUT2D eigenvalue weighted by Crippen LogP contribution is -2.59. The maximum Gasteiger partial charge on any atom is 0.0974 e. The molecular formula is C24H50N+. The van der Waals surface area contributed by atoms with Crippen LogP contribution in [0.3, 0.4) is 0 Å². The lowest BCUT2D eigenvalue weighted by atomic mass is 9.86. The molecule has 0 radical (unpaired) electrons. The van der Waals surface area contributed by atoms with Gasteiger partial charge < -0.3 is 4.48 Å². The van der Waals surface area contributed by atoms with Gasteiger partial charge in [-0.1, -0.05) is 94.6 Å². The van der Waals surface area contributed by atoms with Crippen molar-refractivity contribution >= 4 is 0 Å². The minimum atomic E-state index is 0.353. The molecule has 0 aliphatic heterocycles. The molecule has 0 rings (SSSR count). The second kappa shape index (κ2) is 10.1. The van der Waals surface area contributed by atoms with E-state index in [0.29, 0.717) is 16.2 Å². The fourth-order valence-electron chi connectivity index (χ4n) is 4.49. The lowest BCUT2D eigenvalue weighted by Gasteiger charge is -2.48. The highest BCUT2D eigenvalue weighted by atomic mass is 15.4. The van der Waals surface area contributed by atoms with Gasteiger partial charge in [-0.2, -0.15) is 0 Å². The quantitative estimate of drug-likeness (QED) is 0.217. The van der Waals surface area contributed by atoms with E-state index in [4.69, 9.17) is 0 Å². The summed E-state index contributed by atoms with van der Waals surface area (Å²) in [6, 6.07) is 0. The lowest BCUT2D eigenvalue weighted by molar-refractivity contribution is -0.939. The van der Waals surface area contributed by atoms with Crippen LogP contribution >= 0.6 is 0 Å². The van der Waals surface area contributed by atoms with E-state index in [-0.39, 0.29) is 0 Å². The van der Waals surface area contributed by atoms with Crippen LogP contribution in [0.25, 0.3) is 0 Å². The number of allylic oxidation sites excluding steroid dienone is 1. The highest BCUT2D eigenvalue weighted by Crippen LogP contribution is 2.32. The third kappa shape index (κ3) is 14.5. The van der Waals surface area contributed by atoms with Crippen molar-refractivity contribution in [3.8, 4) is 0 Å². The van der Waals surface area contributed by atoms with E-state index in [9.17, 15) is 0 Å². The number of hydrogen-bond donors (Lipinski definition) is 0. The zero-order valence-electron chi connectivity index (χ0n) is 19.5. The Morgan fingerprint density at radius 1 is 0.600 bits per heavy atom. The van der Waals surface area contributed by atoms with E-state index < -0.39 is 0 Å². The fourth-order valence-corrected chi connectivity index (χ4v) is 4.49. The molecule has 0 atom stereocenters. The average Bonchev–Trinajstić information content (AvgIpc) is 2.31. The first-order valence-corrected chi connectivity index (χ1v) is 10.7. The van der Waals surface area contributed by atoms with Gasteiger partial charge in [0, 0.05) is 16.2 Å². The van der Waals surface area contributed by atoms with E-state index in [1.807, 2.05) is 0 Å². The molecule has 0 bridgehead atoms. The summed E-state index contributed by atoms with van der Waals surface area (Å²) in [5.41, 5.74) is 1.06. The van der Waals surface area contributed by atoms with Gasteiger partial charge in [0.05, 0.1) is 26.2 Å². The van der Waals surface area contributed by atoms with E-state index in [2.05, 4.69) is 81.4 Å². The molecule has 1 heteroatoms. The molecule has 0 saturated carbocycles. The maximum atomic E-state index is 2.50. The third-order valence-electron chi connectivity index (χ3n) is 4.31. The van der Waals surface area contributed by atoms with Gasteiger partial charge in [-0.3, -0.25) is 0 Å². The zero-order valence-corrected chi connectivity index (χ0v) is 19.5. The van der Waals surface area contributed by atoms with Crippen molar-refractivity contribution in [2.75, 3.05) is 26.2 Å². The monoisotopic (exact) mass is 352 g/mol. The van der Waals surface area contributed by atoms with Gasteiger partial charge in [0.25, 0.3) is 0 Å². The molecule has 0 spiro atoms.